The second-order valence-corrected chi connectivity index (χ2v) is 5.26. The highest BCUT2D eigenvalue weighted by Crippen LogP contribution is 2.27. The van der Waals surface area contributed by atoms with E-state index in [4.69, 9.17) is 15.2 Å². The molecule has 1 atom stereocenters. The Balaban J connectivity index is 1.80. The van der Waals surface area contributed by atoms with E-state index in [0.717, 1.165) is 28.8 Å². The van der Waals surface area contributed by atoms with Crippen LogP contribution < -0.4 is 10.5 Å². The fraction of sp³-hybridized carbons (Fsp3) is 0.375. The summed E-state index contributed by atoms with van der Waals surface area (Å²) in [5.74, 6) is 0.794. The highest BCUT2D eigenvalue weighted by atomic mass is 16.6. The molecule has 1 aromatic heterocycles. The number of fused-ring (bicyclic) bond motifs is 1. The van der Waals surface area contributed by atoms with Crippen LogP contribution in [0.3, 0.4) is 0 Å². The van der Waals surface area contributed by atoms with Crippen LogP contribution in [0.1, 0.15) is 18.2 Å². The summed E-state index contributed by atoms with van der Waals surface area (Å²) in [5, 5.41) is 0.993. The molecule has 116 valence electrons. The molecule has 1 aliphatic heterocycles. The second kappa shape index (κ2) is 6.19. The average molecular weight is 301 g/mol. The van der Waals surface area contributed by atoms with Crippen molar-refractivity contribution >= 4 is 17.0 Å². The minimum absolute atomic E-state index is 0.296. The molecule has 0 saturated carbocycles. The number of nitrogens with two attached hydrogens (primary N) is 1. The van der Waals surface area contributed by atoms with Gasteiger partial charge in [0.15, 0.2) is 6.10 Å². The van der Waals surface area contributed by atoms with Crippen LogP contribution in [0, 0.1) is 0 Å². The zero-order chi connectivity index (χ0) is 15.5. The number of hydrogen-bond donors (Lipinski definition) is 1. The Morgan fingerprint density at radius 3 is 3.05 bits per heavy atom. The third-order valence-electron chi connectivity index (χ3n) is 3.77. The number of carbonyl (C=O) groups excluding carboxylic acids is 1. The lowest BCUT2D eigenvalue weighted by molar-refractivity contribution is 0.131. The van der Waals surface area contributed by atoms with E-state index in [1.165, 1.54) is 0 Å². The number of aromatic nitrogens is 1. The van der Waals surface area contributed by atoms with Crippen molar-refractivity contribution in [3.8, 4) is 5.75 Å². The van der Waals surface area contributed by atoms with E-state index >= 15 is 0 Å². The van der Waals surface area contributed by atoms with Crippen LogP contribution in [0.5, 0.6) is 5.75 Å². The maximum absolute atomic E-state index is 11.8. The van der Waals surface area contributed by atoms with Gasteiger partial charge in [0.2, 0.25) is 0 Å². The number of amides is 1. The van der Waals surface area contributed by atoms with Crippen molar-refractivity contribution in [3.05, 3.63) is 36.0 Å². The number of methoxy groups -OCH3 is 1. The van der Waals surface area contributed by atoms with Crippen LogP contribution in [0.2, 0.25) is 0 Å². The van der Waals surface area contributed by atoms with Gasteiger partial charge in [-0.1, -0.05) is 6.07 Å². The monoisotopic (exact) mass is 301 g/mol. The summed E-state index contributed by atoms with van der Waals surface area (Å²) in [4.78, 5) is 18.1. The first kappa shape index (κ1) is 14.6. The largest absolute Gasteiger partial charge is 0.497 e. The molecule has 0 radical (unpaired) electrons. The molecule has 2 aromatic rings. The standard InChI is InChI=1S/C16H19N3O3/c1-21-12-4-6-13-11(9-12)3-5-14(18-13)15-10-19(8-2-7-17)16(20)22-15/h3-6,9,15H,2,7-8,10,17H2,1H3/t15-/m1/s1. The second-order valence-electron chi connectivity index (χ2n) is 5.26. The molecule has 6 heteroatoms. The molecule has 1 aliphatic rings. The molecule has 6 nitrogen and oxygen atoms in total. The number of rotatable bonds is 5. The van der Waals surface area contributed by atoms with Gasteiger partial charge in [-0.15, -0.1) is 0 Å². The molecule has 2 N–H and O–H groups in total. The normalized spacial score (nSPS) is 17.8. The highest BCUT2D eigenvalue weighted by molar-refractivity contribution is 5.80. The van der Waals surface area contributed by atoms with Crippen LogP contribution in [0.25, 0.3) is 10.9 Å². The predicted octanol–water partition coefficient (Wildman–Crippen LogP) is 2.09. The fourth-order valence-corrected chi connectivity index (χ4v) is 2.55. The third kappa shape index (κ3) is 2.82. The Morgan fingerprint density at radius 1 is 1.41 bits per heavy atom. The molecule has 0 unspecified atom stereocenters. The van der Waals surface area contributed by atoms with Crippen molar-refractivity contribution in [2.45, 2.75) is 12.5 Å². The number of carbonyl (C=O) groups is 1. The minimum atomic E-state index is -0.322. The van der Waals surface area contributed by atoms with Crippen LogP contribution in [0.15, 0.2) is 30.3 Å². The van der Waals surface area contributed by atoms with Crippen LogP contribution >= 0.6 is 0 Å². The lowest BCUT2D eigenvalue weighted by Crippen LogP contribution is -2.27. The van der Waals surface area contributed by atoms with E-state index in [1.807, 2.05) is 30.3 Å². The fourth-order valence-electron chi connectivity index (χ4n) is 2.55. The molecule has 1 fully saturated rings. The number of pyridine rings is 1. The van der Waals surface area contributed by atoms with Gasteiger partial charge in [-0.05, 0) is 37.2 Å². The Labute approximate surface area is 128 Å². The molecular weight excluding hydrogens is 282 g/mol. The summed E-state index contributed by atoms with van der Waals surface area (Å²) in [6, 6.07) is 9.57. The maximum atomic E-state index is 11.8. The molecule has 0 aliphatic carbocycles. The molecule has 3 rings (SSSR count). The summed E-state index contributed by atoms with van der Waals surface area (Å²) < 4.78 is 10.6. The Morgan fingerprint density at radius 2 is 2.27 bits per heavy atom. The van der Waals surface area contributed by atoms with E-state index in [-0.39, 0.29) is 12.2 Å². The first-order valence-electron chi connectivity index (χ1n) is 7.31. The average Bonchev–Trinajstić information content (AvgIpc) is 2.92. The predicted molar refractivity (Wildman–Crippen MR) is 82.8 cm³/mol. The minimum Gasteiger partial charge on any atom is -0.497 e. The van der Waals surface area contributed by atoms with E-state index in [9.17, 15) is 4.79 Å². The third-order valence-corrected chi connectivity index (χ3v) is 3.77. The SMILES string of the molecule is COc1ccc2nc([C@H]3CN(CCCN)C(=O)O3)ccc2c1. The van der Waals surface area contributed by atoms with Crippen molar-refractivity contribution in [1.82, 2.24) is 9.88 Å². The van der Waals surface area contributed by atoms with Gasteiger partial charge >= 0.3 is 6.09 Å². The Hall–Kier alpha value is -2.34. The van der Waals surface area contributed by atoms with Crippen molar-refractivity contribution in [2.75, 3.05) is 26.7 Å². The number of hydrogen-bond acceptors (Lipinski definition) is 5. The van der Waals surface area contributed by atoms with Crippen LogP contribution in [-0.2, 0) is 4.74 Å². The van der Waals surface area contributed by atoms with E-state index in [0.29, 0.717) is 19.6 Å². The van der Waals surface area contributed by atoms with Gasteiger partial charge < -0.3 is 20.1 Å². The number of nitrogens with zero attached hydrogens (tertiary/aromatic N) is 2. The van der Waals surface area contributed by atoms with Crippen molar-refractivity contribution in [3.63, 3.8) is 0 Å². The molecule has 1 amide bonds. The van der Waals surface area contributed by atoms with Gasteiger partial charge in [-0.2, -0.15) is 0 Å². The quantitative estimate of drug-likeness (QED) is 0.915. The van der Waals surface area contributed by atoms with Crippen LogP contribution in [-0.4, -0.2) is 42.7 Å². The van der Waals surface area contributed by atoms with Gasteiger partial charge in [0, 0.05) is 11.9 Å². The van der Waals surface area contributed by atoms with Crippen molar-refractivity contribution < 1.29 is 14.3 Å². The van der Waals surface area contributed by atoms with Gasteiger partial charge in [0.05, 0.1) is 24.9 Å². The van der Waals surface area contributed by atoms with Gasteiger partial charge in [-0.3, -0.25) is 0 Å². The van der Waals surface area contributed by atoms with Gasteiger partial charge in [-0.25, -0.2) is 9.78 Å². The van der Waals surface area contributed by atoms with Crippen molar-refractivity contribution in [2.24, 2.45) is 5.73 Å². The van der Waals surface area contributed by atoms with E-state index in [2.05, 4.69) is 4.98 Å². The lowest BCUT2D eigenvalue weighted by Gasteiger charge is -2.11. The molecule has 0 bridgehead atoms. The summed E-state index contributed by atoms with van der Waals surface area (Å²) in [7, 11) is 1.64. The zero-order valence-electron chi connectivity index (χ0n) is 12.5. The topological polar surface area (TPSA) is 77.7 Å². The van der Waals surface area contributed by atoms with E-state index in [1.54, 1.807) is 12.0 Å². The summed E-state index contributed by atoms with van der Waals surface area (Å²) in [6.07, 6.45) is 0.152. The smallest absolute Gasteiger partial charge is 0.410 e. The number of benzene rings is 1. The molecule has 2 heterocycles. The van der Waals surface area contributed by atoms with Crippen molar-refractivity contribution in [1.29, 1.82) is 0 Å². The zero-order valence-corrected chi connectivity index (χ0v) is 12.5. The first-order valence-corrected chi connectivity index (χ1v) is 7.31. The molecular formula is C16H19N3O3. The maximum Gasteiger partial charge on any atom is 0.410 e. The summed E-state index contributed by atoms with van der Waals surface area (Å²) in [5.41, 5.74) is 7.10. The molecule has 1 saturated heterocycles. The summed E-state index contributed by atoms with van der Waals surface area (Å²) in [6.45, 7) is 1.70. The molecule has 22 heavy (non-hydrogen) atoms. The van der Waals surface area contributed by atoms with Gasteiger partial charge in [0.25, 0.3) is 0 Å². The number of ether oxygens (including phenoxy) is 2. The Bertz CT molecular complexity index is 689. The van der Waals surface area contributed by atoms with Crippen LogP contribution in [0.4, 0.5) is 4.79 Å². The van der Waals surface area contributed by atoms with E-state index < -0.39 is 0 Å². The lowest BCUT2D eigenvalue weighted by atomic mass is 10.1. The molecule has 0 spiro atoms. The number of cyclic esters (lactones) is 1. The Kier molecular flexibility index (Phi) is 4.11. The molecule has 1 aromatic carbocycles. The first-order chi connectivity index (χ1) is 10.7. The highest BCUT2D eigenvalue weighted by Gasteiger charge is 2.32. The summed E-state index contributed by atoms with van der Waals surface area (Å²) >= 11 is 0. The van der Waals surface area contributed by atoms with Gasteiger partial charge in [0.1, 0.15) is 5.75 Å².